The Kier molecular flexibility index (Phi) is 5.33. The van der Waals surface area contributed by atoms with E-state index < -0.39 is 34.7 Å². The lowest BCUT2D eigenvalue weighted by atomic mass is 10.1. The average molecular weight is 335 g/mol. The summed E-state index contributed by atoms with van der Waals surface area (Å²) in [6.07, 6.45) is -0.168. The Labute approximate surface area is 126 Å². The van der Waals surface area contributed by atoms with Gasteiger partial charge in [-0.2, -0.15) is 0 Å². The van der Waals surface area contributed by atoms with E-state index in [1.54, 1.807) is 18.4 Å². The van der Waals surface area contributed by atoms with Crippen molar-refractivity contribution in [1.29, 1.82) is 0 Å². The first-order valence-corrected chi connectivity index (χ1v) is 8.74. The van der Waals surface area contributed by atoms with Gasteiger partial charge >= 0.3 is 5.97 Å². The Balaban J connectivity index is 2.08. The summed E-state index contributed by atoms with van der Waals surface area (Å²) in [7, 11) is -3.63. The SMILES string of the molecule is Cc1ccsc1S(=O)(=O)N[C@@H]1CCOC[C@H]1OCC(=O)O. The zero-order valence-corrected chi connectivity index (χ0v) is 13.1. The Bertz CT molecular complexity index is 597. The van der Waals surface area contributed by atoms with Crippen LogP contribution in [0.5, 0.6) is 0 Å². The maximum absolute atomic E-state index is 12.4. The first-order valence-electron chi connectivity index (χ1n) is 6.37. The highest BCUT2D eigenvalue weighted by Crippen LogP contribution is 2.23. The van der Waals surface area contributed by atoms with Crippen molar-refractivity contribution in [3.05, 3.63) is 17.0 Å². The molecule has 2 rings (SSSR count). The first kappa shape index (κ1) is 16.4. The molecular formula is C12H17NO6S2. The van der Waals surface area contributed by atoms with Crippen LogP contribution in [0.2, 0.25) is 0 Å². The van der Waals surface area contributed by atoms with Crippen molar-refractivity contribution < 1.29 is 27.8 Å². The van der Waals surface area contributed by atoms with Crippen LogP contribution in [0.1, 0.15) is 12.0 Å². The zero-order valence-electron chi connectivity index (χ0n) is 11.4. The van der Waals surface area contributed by atoms with Gasteiger partial charge in [0.25, 0.3) is 10.0 Å². The van der Waals surface area contributed by atoms with Crippen LogP contribution in [0.15, 0.2) is 15.7 Å². The number of carbonyl (C=O) groups is 1. The summed E-state index contributed by atoms with van der Waals surface area (Å²) in [6, 6.07) is 1.24. The Morgan fingerprint density at radius 3 is 3.00 bits per heavy atom. The summed E-state index contributed by atoms with van der Waals surface area (Å²) in [6.45, 7) is 1.82. The molecule has 21 heavy (non-hydrogen) atoms. The minimum absolute atomic E-state index is 0.171. The van der Waals surface area contributed by atoms with Gasteiger partial charge in [-0.25, -0.2) is 17.9 Å². The fourth-order valence-corrected chi connectivity index (χ4v) is 4.81. The molecule has 2 atom stereocenters. The number of aryl methyl sites for hydroxylation is 1. The molecule has 0 spiro atoms. The molecule has 0 bridgehead atoms. The van der Waals surface area contributed by atoms with E-state index in [1.165, 1.54) is 0 Å². The number of aliphatic carboxylic acids is 1. The van der Waals surface area contributed by atoms with Gasteiger partial charge in [0.2, 0.25) is 0 Å². The molecule has 0 saturated carbocycles. The van der Waals surface area contributed by atoms with Gasteiger partial charge in [-0.3, -0.25) is 0 Å². The van der Waals surface area contributed by atoms with E-state index in [0.29, 0.717) is 18.6 Å². The molecule has 2 heterocycles. The summed E-state index contributed by atoms with van der Waals surface area (Å²) in [5.41, 5.74) is 0.683. The third-order valence-electron chi connectivity index (χ3n) is 3.09. The molecule has 0 radical (unpaired) electrons. The zero-order chi connectivity index (χ0) is 15.5. The van der Waals surface area contributed by atoms with Gasteiger partial charge in [0.1, 0.15) is 10.8 Å². The van der Waals surface area contributed by atoms with E-state index in [1.807, 2.05) is 0 Å². The highest BCUT2D eigenvalue weighted by atomic mass is 32.2. The Morgan fingerprint density at radius 1 is 1.62 bits per heavy atom. The lowest BCUT2D eigenvalue weighted by Gasteiger charge is -2.31. The van der Waals surface area contributed by atoms with Crippen LogP contribution >= 0.6 is 11.3 Å². The van der Waals surface area contributed by atoms with Crippen LogP contribution in [-0.2, 0) is 24.3 Å². The van der Waals surface area contributed by atoms with Crippen molar-refractivity contribution in [2.24, 2.45) is 0 Å². The average Bonchev–Trinajstić information content (AvgIpc) is 2.84. The van der Waals surface area contributed by atoms with E-state index in [2.05, 4.69) is 4.72 Å². The summed E-state index contributed by atoms with van der Waals surface area (Å²) in [5.74, 6) is -1.10. The van der Waals surface area contributed by atoms with Crippen molar-refractivity contribution in [1.82, 2.24) is 4.72 Å². The molecule has 1 aromatic heterocycles. The first-order chi connectivity index (χ1) is 9.90. The smallest absolute Gasteiger partial charge is 0.329 e. The molecule has 1 aliphatic heterocycles. The van der Waals surface area contributed by atoms with E-state index in [0.717, 1.165) is 11.3 Å². The van der Waals surface area contributed by atoms with Gasteiger partial charge < -0.3 is 14.6 Å². The normalized spacial score (nSPS) is 23.1. The molecule has 2 N–H and O–H groups in total. The molecule has 0 aromatic carbocycles. The number of rotatable bonds is 6. The van der Waals surface area contributed by atoms with Crippen molar-refractivity contribution >= 4 is 27.3 Å². The van der Waals surface area contributed by atoms with Gasteiger partial charge in [0.15, 0.2) is 0 Å². The van der Waals surface area contributed by atoms with E-state index in [9.17, 15) is 13.2 Å². The molecule has 9 heteroatoms. The highest BCUT2D eigenvalue weighted by Gasteiger charge is 2.32. The number of nitrogens with one attached hydrogen (secondary N) is 1. The molecule has 7 nitrogen and oxygen atoms in total. The molecule has 1 fully saturated rings. The van der Waals surface area contributed by atoms with Crippen LogP contribution in [0.4, 0.5) is 0 Å². The van der Waals surface area contributed by atoms with Gasteiger partial charge in [0, 0.05) is 6.61 Å². The van der Waals surface area contributed by atoms with Crippen molar-refractivity contribution in [3.63, 3.8) is 0 Å². The van der Waals surface area contributed by atoms with Gasteiger partial charge in [0.05, 0.1) is 18.8 Å². The number of carboxylic acids is 1. The van der Waals surface area contributed by atoms with Crippen LogP contribution in [0, 0.1) is 6.92 Å². The van der Waals surface area contributed by atoms with Crippen molar-refractivity contribution in [2.45, 2.75) is 29.7 Å². The minimum atomic E-state index is -3.63. The second kappa shape index (κ2) is 6.84. The number of hydrogen-bond acceptors (Lipinski definition) is 6. The van der Waals surface area contributed by atoms with Gasteiger partial charge in [-0.05, 0) is 30.4 Å². The fraction of sp³-hybridized carbons (Fsp3) is 0.583. The van der Waals surface area contributed by atoms with E-state index in [4.69, 9.17) is 14.6 Å². The molecule has 0 aliphatic carbocycles. The van der Waals surface area contributed by atoms with E-state index >= 15 is 0 Å². The largest absolute Gasteiger partial charge is 0.480 e. The minimum Gasteiger partial charge on any atom is -0.480 e. The molecule has 1 aliphatic rings. The maximum atomic E-state index is 12.4. The Hall–Kier alpha value is -1.00. The summed E-state index contributed by atoms with van der Waals surface area (Å²) in [4.78, 5) is 10.6. The monoisotopic (exact) mass is 335 g/mol. The number of ether oxygens (including phenoxy) is 2. The summed E-state index contributed by atoms with van der Waals surface area (Å²) >= 11 is 1.15. The number of sulfonamides is 1. The van der Waals surface area contributed by atoms with Crippen molar-refractivity contribution in [2.75, 3.05) is 19.8 Å². The third-order valence-corrected chi connectivity index (χ3v) is 6.27. The predicted octanol–water partition coefficient (Wildman–Crippen LogP) is 0.594. The second-order valence-corrected chi connectivity index (χ2v) is 7.55. The molecule has 118 valence electrons. The lowest BCUT2D eigenvalue weighted by molar-refractivity contribution is -0.148. The fourth-order valence-electron chi connectivity index (χ4n) is 2.08. The molecular weight excluding hydrogens is 318 g/mol. The van der Waals surface area contributed by atoms with Crippen molar-refractivity contribution in [3.8, 4) is 0 Å². The highest BCUT2D eigenvalue weighted by molar-refractivity contribution is 7.91. The molecule has 0 amide bonds. The molecule has 0 unspecified atom stereocenters. The summed E-state index contributed by atoms with van der Waals surface area (Å²) in [5, 5.41) is 10.4. The van der Waals surface area contributed by atoms with Gasteiger partial charge in [-0.1, -0.05) is 0 Å². The molecule has 1 aromatic rings. The second-order valence-electron chi connectivity index (χ2n) is 4.73. The number of carboxylic acid groups (broad SMARTS) is 1. The summed E-state index contributed by atoms with van der Waals surface area (Å²) < 4.78 is 38.0. The number of hydrogen-bond donors (Lipinski definition) is 2. The van der Waals surface area contributed by atoms with Crippen LogP contribution in [-0.4, -0.2) is 51.5 Å². The van der Waals surface area contributed by atoms with Crippen LogP contribution in [0.25, 0.3) is 0 Å². The maximum Gasteiger partial charge on any atom is 0.329 e. The molecule has 1 saturated heterocycles. The number of thiophene rings is 1. The predicted molar refractivity (Wildman–Crippen MR) is 76.0 cm³/mol. The topological polar surface area (TPSA) is 102 Å². The standard InChI is InChI=1S/C12H17NO6S2/c1-8-3-5-20-12(8)21(16,17)13-9-2-4-18-6-10(9)19-7-11(14)15/h3,5,9-10,13H,2,4,6-7H2,1H3,(H,14,15)/t9-,10-/m1/s1. The van der Waals surface area contributed by atoms with E-state index in [-0.39, 0.29) is 10.8 Å². The lowest BCUT2D eigenvalue weighted by Crippen LogP contribution is -2.50. The van der Waals surface area contributed by atoms with Crippen LogP contribution < -0.4 is 4.72 Å². The van der Waals surface area contributed by atoms with Crippen LogP contribution in [0.3, 0.4) is 0 Å². The Morgan fingerprint density at radius 2 is 2.38 bits per heavy atom. The van der Waals surface area contributed by atoms with Gasteiger partial charge in [-0.15, -0.1) is 11.3 Å². The quantitative estimate of drug-likeness (QED) is 0.789. The third kappa shape index (κ3) is 4.24.